The lowest BCUT2D eigenvalue weighted by Crippen LogP contribution is -2.26. The molecule has 0 spiro atoms. The van der Waals surface area contributed by atoms with E-state index >= 15 is 0 Å². The molecular formula is C26H23FN4O2. The average molecular weight is 442 g/mol. The molecule has 0 unspecified atom stereocenters. The lowest BCUT2D eigenvalue weighted by atomic mass is 10.0. The van der Waals surface area contributed by atoms with Gasteiger partial charge in [0.25, 0.3) is 11.8 Å². The van der Waals surface area contributed by atoms with E-state index in [2.05, 4.69) is 15.5 Å². The van der Waals surface area contributed by atoms with Gasteiger partial charge in [0.1, 0.15) is 5.82 Å². The van der Waals surface area contributed by atoms with Crippen LogP contribution in [0.1, 0.15) is 31.8 Å². The number of nitrogens with zero attached hydrogens (tertiary/aromatic N) is 2. The number of aromatic nitrogens is 2. The Hall–Kier alpha value is -4.26. The van der Waals surface area contributed by atoms with E-state index in [4.69, 9.17) is 0 Å². The van der Waals surface area contributed by atoms with Crippen molar-refractivity contribution in [2.24, 2.45) is 0 Å². The molecule has 0 saturated heterocycles. The molecular weight excluding hydrogens is 419 g/mol. The maximum absolute atomic E-state index is 13.8. The monoisotopic (exact) mass is 442 g/mol. The van der Waals surface area contributed by atoms with Gasteiger partial charge in [-0.1, -0.05) is 66.7 Å². The minimum Gasteiger partial charge on any atom is -0.348 e. The van der Waals surface area contributed by atoms with Gasteiger partial charge >= 0.3 is 0 Å². The summed E-state index contributed by atoms with van der Waals surface area (Å²) in [6, 6.07) is 23.0. The molecule has 1 heterocycles. The molecule has 6 nitrogen and oxygen atoms in total. The van der Waals surface area contributed by atoms with Gasteiger partial charge in [-0.05, 0) is 23.3 Å². The zero-order chi connectivity index (χ0) is 23.2. The van der Waals surface area contributed by atoms with Crippen molar-refractivity contribution >= 4 is 11.8 Å². The second-order valence-electron chi connectivity index (χ2n) is 7.66. The summed E-state index contributed by atoms with van der Waals surface area (Å²) in [5.41, 5.74) is 3.80. The Morgan fingerprint density at radius 3 is 2.33 bits per heavy atom. The highest BCUT2D eigenvalue weighted by atomic mass is 19.1. The molecule has 0 aliphatic rings. The van der Waals surface area contributed by atoms with Crippen LogP contribution in [0.5, 0.6) is 0 Å². The molecule has 2 N–H and O–H groups in total. The van der Waals surface area contributed by atoms with E-state index in [-0.39, 0.29) is 18.0 Å². The number of carbonyl (C=O) groups is 2. The van der Waals surface area contributed by atoms with E-state index < -0.39 is 11.7 Å². The van der Waals surface area contributed by atoms with Gasteiger partial charge in [0.2, 0.25) is 0 Å². The number of aromatic amines is 1. The third-order valence-corrected chi connectivity index (χ3v) is 5.29. The maximum atomic E-state index is 13.8. The minimum absolute atomic E-state index is 0.00866. The predicted octanol–water partition coefficient (Wildman–Crippen LogP) is 4.42. The van der Waals surface area contributed by atoms with Gasteiger partial charge in [0, 0.05) is 25.7 Å². The first kappa shape index (κ1) is 22.0. The predicted molar refractivity (Wildman–Crippen MR) is 124 cm³/mol. The highest BCUT2D eigenvalue weighted by molar-refractivity contribution is 5.99. The minimum atomic E-state index is -0.556. The molecule has 2 amide bonds. The molecule has 0 aliphatic heterocycles. The Morgan fingerprint density at radius 2 is 1.61 bits per heavy atom. The summed E-state index contributed by atoms with van der Waals surface area (Å²) in [4.78, 5) is 26.8. The van der Waals surface area contributed by atoms with Crippen LogP contribution in [0.15, 0.2) is 85.1 Å². The third kappa shape index (κ3) is 5.15. The van der Waals surface area contributed by atoms with Gasteiger partial charge in [-0.25, -0.2) is 4.39 Å². The van der Waals surface area contributed by atoms with Crippen molar-refractivity contribution in [3.63, 3.8) is 0 Å². The van der Waals surface area contributed by atoms with Crippen molar-refractivity contribution in [1.82, 2.24) is 20.4 Å². The van der Waals surface area contributed by atoms with Crippen LogP contribution in [0.25, 0.3) is 11.3 Å². The van der Waals surface area contributed by atoms with Crippen LogP contribution in [-0.2, 0) is 13.1 Å². The summed E-state index contributed by atoms with van der Waals surface area (Å²) < 4.78 is 13.8. The quantitative estimate of drug-likeness (QED) is 0.445. The van der Waals surface area contributed by atoms with E-state index in [0.717, 1.165) is 16.7 Å². The summed E-state index contributed by atoms with van der Waals surface area (Å²) in [6.07, 6.45) is 1.53. The third-order valence-electron chi connectivity index (χ3n) is 5.29. The van der Waals surface area contributed by atoms with E-state index in [1.807, 2.05) is 54.6 Å². The zero-order valence-corrected chi connectivity index (χ0v) is 18.1. The topological polar surface area (TPSA) is 78.1 Å². The van der Waals surface area contributed by atoms with Crippen LogP contribution in [0.4, 0.5) is 4.39 Å². The van der Waals surface area contributed by atoms with Gasteiger partial charge in [-0.15, -0.1) is 0 Å². The van der Waals surface area contributed by atoms with Crippen LogP contribution >= 0.6 is 0 Å². The van der Waals surface area contributed by atoms with Crippen molar-refractivity contribution < 1.29 is 14.0 Å². The average Bonchev–Trinajstić information content (AvgIpc) is 3.33. The highest BCUT2D eigenvalue weighted by Gasteiger charge is 2.19. The van der Waals surface area contributed by atoms with Crippen LogP contribution in [0.2, 0.25) is 0 Å². The molecule has 4 aromatic rings. The molecule has 0 fully saturated rings. The highest BCUT2D eigenvalue weighted by Crippen LogP contribution is 2.23. The van der Waals surface area contributed by atoms with Crippen molar-refractivity contribution in [2.45, 2.75) is 13.1 Å². The Morgan fingerprint density at radius 1 is 0.909 bits per heavy atom. The second-order valence-corrected chi connectivity index (χ2v) is 7.66. The van der Waals surface area contributed by atoms with E-state index in [1.165, 1.54) is 18.3 Å². The summed E-state index contributed by atoms with van der Waals surface area (Å²) in [6.45, 7) is 0.743. The van der Waals surface area contributed by atoms with Crippen LogP contribution in [0, 0.1) is 5.82 Å². The summed E-state index contributed by atoms with van der Waals surface area (Å²) in [7, 11) is 1.76. The van der Waals surface area contributed by atoms with E-state index in [0.29, 0.717) is 17.8 Å². The van der Waals surface area contributed by atoms with E-state index in [9.17, 15) is 14.0 Å². The summed E-state index contributed by atoms with van der Waals surface area (Å²) >= 11 is 0. The summed E-state index contributed by atoms with van der Waals surface area (Å²) in [5, 5.41) is 9.70. The molecule has 0 bridgehead atoms. The van der Waals surface area contributed by atoms with Crippen LogP contribution in [-0.4, -0.2) is 34.0 Å². The first-order valence-electron chi connectivity index (χ1n) is 10.5. The molecule has 0 radical (unpaired) electrons. The fraction of sp³-hybridized carbons (Fsp3) is 0.115. The number of halogens is 1. The SMILES string of the molecule is CN(Cc1ccccc1)C(=O)c1cn[nH]c1-c1ccc(CNC(=O)c2ccccc2F)cc1. The van der Waals surface area contributed by atoms with Crippen LogP contribution < -0.4 is 5.32 Å². The molecule has 0 atom stereocenters. The molecule has 7 heteroatoms. The number of H-pyrrole nitrogens is 1. The Bertz CT molecular complexity index is 1250. The van der Waals surface area contributed by atoms with Gasteiger partial charge in [0.15, 0.2) is 0 Å². The number of hydrogen-bond donors (Lipinski definition) is 2. The Labute approximate surface area is 191 Å². The zero-order valence-electron chi connectivity index (χ0n) is 18.1. The molecule has 1 aromatic heterocycles. The Balaban J connectivity index is 1.42. The van der Waals surface area contributed by atoms with Gasteiger partial charge in [0.05, 0.1) is 23.0 Å². The molecule has 166 valence electrons. The maximum Gasteiger partial charge on any atom is 0.257 e. The molecule has 0 aliphatic carbocycles. The fourth-order valence-corrected chi connectivity index (χ4v) is 3.52. The van der Waals surface area contributed by atoms with Crippen molar-refractivity contribution in [3.05, 3.63) is 113 Å². The first-order valence-corrected chi connectivity index (χ1v) is 10.5. The molecule has 4 rings (SSSR count). The first-order chi connectivity index (χ1) is 16.0. The molecule has 3 aromatic carbocycles. The number of carbonyl (C=O) groups excluding carboxylic acids is 2. The normalized spacial score (nSPS) is 10.6. The second kappa shape index (κ2) is 9.91. The number of benzene rings is 3. The number of rotatable bonds is 7. The number of nitrogens with one attached hydrogen (secondary N) is 2. The summed E-state index contributed by atoms with van der Waals surface area (Å²) in [5.74, 6) is -1.16. The lowest BCUT2D eigenvalue weighted by molar-refractivity contribution is 0.0785. The standard InChI is InChI=1S/C26H23FN4O2/c1-31(17-19-7-3-2-4-8-19)26(33)22-16-29-30-24(22)20-13-11-18(12-14-20)15-28-25(32)21-9-5-6-10-23(21)27/h2-14,16H,15,17H2,1H3,(H,28,32)(H,29,30). The number of hydrogen-bond acceptors (Lipinski definition) is 3. The van der Waals surface area contributed by atoms with Gasteiger partial charge in [-0.3, -0.25) is 14.7 Å². The smallest absolute Gasteiger partial charge is 0.257 e. The van der Waals surface area contributed by atoms with Gasteiger partial charge in [-0.2, -0.15) is 5.10 Å². The Kier molecular flexibility index (Phi) is 6.59. The van der Waals surface area contributed by atoms with Gasteiger partial charge < -0.3 is 10.2 Å². The largest absolute Gasteiger partial charge is 0.348 e. The van der Waals surface area contributed by atoms with Crippen molar-refractivity contribution in [1.29, 1.82) is 0 Å². The fourth-order valence-electron chi connectivity index (χ4n) is 3.52. The van der Waals surface area contributed by atoms with E-state index in [1.54, 1.807) is 24.1 Å². The molecule has 33 heavy (non-hydrogen) atoms. The van der Waals surface area contributed by atoms with Crippen molar-refractivity contribution in [2.75, 3.05) is 7.05 Å². The van der Waals surface area contributed by atoms with Crippen molar-refractivity contribution in [3.8, 4) is 11.3 Å². The number of amides is 2. The molecule has 0 saturated carbocycles. The lowest BCUT2D eigenvalue weighted by Gasteiger charge is -2.17. The van der Waals surface area contributed by atoms with Crippen LogP contribution in [0.3, 0.4) is 0 Å².